The fraction of sp³-hybridized carbons (Fsp3) is 1.00. The maximum absolute atomic E-state index is 5.23. The van der Waals surface area contributed by atoms with E-state index in [1.54, 1.807) is 14.2 Å². The SMILES string of the molecule is COCCCN(CCOC)C(C)CC1CCCCN1. The summed E-state index contributed by atoms with van der Waals surface area (Å²) in [6.07, 6.45) is 6.40. The van der Waals surface area contributed by atoms with Gasteiger partial charge < -0.3 is 14.8 Å². The molecular weight excluding hydrogens is 240 g/mol. The van der Waals surface area contributed by atoms with Gasteiger partial charge in [0, 0.05) is 46.0 Å². The molecule has 1 rings (SSSR count). The summed E-state index contributed by atoms with van der Waals surface area (Å²) in [5, 5.41) is 3.65. The maximum Gasteiger partial charge on any atom is 0.0589 e. The van der Waals surface area contributed by atoms with Crippen molar-refractivity contribution in [3.05, 3.63) is 0 Å². The molecule has 1 N–H and O–H groups in total. The van der Waals surface area contributed by atoms with Gasteiger partial charge in [0.25, 0.3) is 0 Å². The second-order valence-corrected chi connectivity index (χ2v) is 5.61. The molecule has 0 aromatic carbocycles. The Labute approximate surface area is 118 Å². The largest absolute Gasteiger partial charge is 0.385 e. The molecule has 0 bridgehead atoms. The van der Waals surface area contributed by atoms with Crippen LogP contribution < -0.4 is 5.32 Å². The number of hydrogen-bond donors (Lipinski definition) is 1. The minimum atomic E-state index is 0.614. The lowest BCUT2D eigenvalue weighted by Gasteiger charge is -2.33. The zero-order valence-corrected chi connectivity index (χ0v) is 13.0. The molecule has 4 heteroatoms. The summed E-state index contributed by atoms with van der Waals surface area (Å²) in [7, 11) is 3.55. The van der Waals surface area contributed by atoms with Crippen molar-refractivity contribution in [3.8, 4) is 0 Å². The molecule has 0 aromatic rings. The van der Waals surface area contributed by atoms with E-state index < -0.39 is 0 Å². The first-order chi connectivity index (χ1) is 9.27. The lowest BCUT2D eigenvalue weighted by Crippen LogP contribution is -2.43. The molecule has 0 radical (unpaired) electrons. The van der Waals surface area contributed by atoms with E-state index in [4.69, 9.17) is 9.47 Å². The average molecular weight is 272 g/mol. The van der Waals surface area contributed by atoms with Crippen molar-refractivity contribution < 1.29 is 9.47 Å². The standard InChI is InChI=1S/C15H32N2O2/c1-14(13-15-7-4-5-8-16-15)17(10-12-19-3)9-6-11-18-2/h14-16H,4-13H2,1-3H3. The highest BCUT2D eigenvalue weighted by molar-refractivity contribution is 4.78. The fourth-order valence-corrected chi connectivity index (χ4v) is 2.86. The van der Waals surface area contributed by atoms with Crippen molar-refractivity contribution >= 4 is 0 Å². The molecule has 2 unspecified atom stereocenters. The van der Waals surface area contributed by atoms with Crippen molar-refractivity contribution in [2.75, 3.05) is 47.1 Å². The normalized spacial score (nSPS) is 21.8. The number of piperidine rings is 1. The van der Waals surface area contributed by atoms with Crippen LogP contribution in [0.4, 0.5) is 0 Å². The highest BCUT2D eigenvalue weighted by Gasteiger charge is 2.20. The smallest absolute Gasteiger partial charge is 0.0589 e. The molecule has 1 aliphatic rings. The Bertz CT molecular complexity index is 208. The second-order valence-electron chi connectivity index (χ2n) is 5.61. The molecule has 0 aliphatic carbocycles. The van der Waals surface area contributed by atoms with Crippen LogP contribution in [0.2, 0.25) is 0 Å². The summed E-state index contributed by atoms with van der Waals surface area (Å²) >= 11 is 0. The van der Waals surface area contributed by atoms with Crippen LogP contribution in [0.15, 0.2) is 0 Å². The predicted octanol–water partition coefficient (Wildman–Crippen LogP) is 1.89. The highest BCUT2D eigenvalue weighted by Crippen LogP contribution is 2.15. The van der Waals surface area contributed by atoms with Gasteiger partial charge in [-0.1, -0.05) is 6.42 Å². The third-order valence-corrected chi connectivity index (χ3v) is 4.04. The molecule has 1 fully saturated rings. The number of ether oxygens (including phenoxy) is 2. The van der Waals surface area contributed by atoms with E-state index in [0.717, 1.165) is 32.7 Å². The number of methoxy groups -OCH3 is 2. The Kier molecular flexibility index (Phi) is 9.43. The molecule has 4 nitrogen and oxygen atoms in total. The van der Waals surface area contributed by atoms with E-state index in [-0.39, 0.29) is 0 Å². The Morgan fingerprint density at radius 1 is 1.16 bits per heavy atom. The first kappa shape index (κ1) is 16.9. The third-order valence-electron chi connectivity index (χ3n) is 4.04. The van der Waals surface area contributed by atoms with Crippen LogP contribution in [0.25, 0.3) is 0 Å². The maximum atomic E-state index is 5.23. The molecule has 114 valence electrons. The molecule has 1 saturated heterocycles. The lowest BCUT2D eigenvalue weighted by atomic mass is 9.98. The van der Waals surface area contributed by atoms with E-state index in [2.05, 4.69) is 17.1 Å². The molecule has 1 aliphatic heterocycles. The van der Waals surface area contributed by atoms with Crippen LogP contribution in [0.1, 0.15) is 39.0 Å². The summed E-state index contributed by atoms with van der Waals surface area (Å²) < 4.78 is 10.4. The second kappa shape index (κ2) is 10.6. The Morgan fingerprint density at radius 2 is 1.95 bits per heavy atom. The van der Waals surface area contributed by atoms with Gasteiger partial charge in [-0.3, -0.25) is 4.90 Å². The van der Waals surface area contributed by atoms with Crippen molar-refractivity contribution in [2.24, 2.45) is 0 Å². The molecule has 0 aromatic heterocycles. The van der Waals surface area contributed by atoms with Crippen molar-refractivity contribution in [2.45, 2.75) is 51.1 Å². The van der Waals surface area contributed by atoms with E-state index in [1.807, 2.05) is 0 Å². The van der Waals surface area contributed by atoms with Crippen LogP contribution in [0, 0.1) is 0 Å². The molecule has 0 amide bonds. The Balaban J connectivity index is 2.32. The van der Waals surface area contributed by atoms with Gasteiger partial charge >= 0.3 is 0 Å². The number of nitrogens with one attached hydrogen (secondary N) is 1. The lowest BCUT2D eigenvalue weighted by molar-refractivity contribution is 0.103. The van der Waals surface area contributed by atoms with Crippen LogP contribution in [0.3, 0.4) is 0 Å². The topological polar surface area (TPSA) is 33.7 Å². The highest BCUT2D eigenvalue weighted by atomic mass is 16.5. The molecule has 2 atom stereocenters. The van der Waals surface area contributed by atoms with Gasteiger partial charge in [-0.2, -0.15) is 0 Å². The van der Waals surface area contributed by atoms with Gasteiger partial charge in [0.2, 0.25) is 0 Å². The van der Waals surface area contributed by atoms with Crippen molar-refractivity contribution in [1.82, 2.24) is 10.2 Å². The zero-order chi connectivity index (χ0) is 13.9. The van der Waals surface area contributed by atoms with E-state index >= 15 is 0 Å². The van der Waals surface area contributed by atoms with Crippen LogP contribution in [0.5, 0.6) is 0 Å². The van der Waals surface area contributed by atoms with Gasteiger partial charge in [0.05, 0.1) is 6.61 Å². The minimum Gasteiger partial charge on any atom is -0.385 e. The first-order valence-electron chi connectivity index (χ1n) is 7.73. The number of nitrogens with zero attached hydrogens (tertiary/aromatic N) is 1. The third kappa shape index (κ3) is 7.25. The molecule has 0 saturated carbocycles. The Hall–Kier alpha value is -0.160. The van der Waals surface area contributed by atoms with Gasteiger partial charge in [0.1, 0.15) is 0 Å². The molecule has 0 spiro atoms. The van der Waals surface area contributed by atoms with Crippen molar-refractivity contribution in [1.29, 1.82) is 0 Å². The quantitative estimate of drug-likeness (QED) is 0.616. The van der Waals surface area contributed by atoms with Crippen LogP contribution >= 0.6 is 0 Å². The van der Waals surface area contributed by atoms with Gasteiger partial charge in [0.15, 0.2) is 0 Å². The van der Waals surface area contributed by atoms with Crippen LogP contribution in [-0.4, -0.2) is 64.1 Å². The summed E-state index contributed by atoms with van der Waals surface area (Å²) in [5.41, 5.74) is 0. The summed E-state index contributed by atoms with van der Waals surface area (Å²) in [6.45, 7) is 7.32. The fourth-order valence-electron chi connectivity index (χ4n) is 2.86. The summed E-state index contributed by atoms with van der Waals surface area (Å²) in [6, 6.07) is 1.32. The Morgan fingerprint density at radius 3 is 2.58 bits per heavy atom. The minimum absolute atomic E-state index is 0.614. The number of rotatable bonds is 10. The first-order valence-corrected chi connectivity index (χ1v) is 7.73. The van der Waals surface area contributed by atoms with E-state index in [1.165, 1.54) is 32.2 Å². The van der Waals surface area contributed by atoms with Gasteiger partial charge in [-0.15, -0.1) is 0 Å². The predicted molar refractivity (Wildman–Crippen MR) is 79.7 cm³/mol. The molecular formula is C15H32N2O2. The summed E-state index contributed by atoms with van der Waals surface area (Å²) in [5.74, 6) is 0. The van der Waals surface area contributed by atoms with E-state index in [0.29, 0.717) is 12.1 Å². The van der Waals surface area contributed by atoms with Gasteiger partial charge in [-0.25, -0.2) is 0 Å². The summed E-state index contributed by atoms with van der Waals surface area (Å²) in [4.78, 5) is 2.54. The van der Waals surface area contributed by atoms with Crippen molar-refractivity contribution in [3.63, 3.8) is 0 Å². The molecule has 19 heavy (non-hydrogen) atoms. The monoisotopic (exact) mass is 272 g/mol. The van der Waals surface area contributed by atoms with Crippen LogP contribution in [-0.2, 0) is 9.47 Å². The van der Waals surface area contributed by atoms with E-state index in [9.17, 15) is 0 Å². The number of hydrogen-bond acceptors (Lipinski definition) is 4. The molecule has 1 heterocycles. The zero-order valence-electron chi connectivity index (χ0n) is 13.0. The average Bonchev–Trinajstić information content (AvgIpc) is 2.43. The van der Waals surface area contributed by atoms with Gasteiger partial charge in [-0.05, 0) is 39.2 Å².